The van der Waals surface area contributed by atoms with E-state index in [1.807, 2.05) is 0 Å². The molecular formula is C10H9NO3. The van der Waals surface area contributed by atoms with Crippen molar-refractivity contribution in [2.24, 2.45) is 0 Å². The smallest absolute Gasteiger partial charge is 0.182 e. The van der Waals surface area contributed by atoms with E-state index in [1.54, 1.807) is 25.3 Å². The molecule has 0 aliphatic rings. The zero-order chi connectivity index (χ0) is 10.1. The van der Waals surface area contributed by atoms with Crippen molar-refractivity contribution in [1.82, 2.24) is 5.16 Å². The topological polar surface area (TPSA) is 52.3 Å². The van der Waals surface area contributed by atoms with Crippen LogP contribution in [0.5, 0.6) is 5.75 Å². The Hall–Kier alpha value is -1.84. The van der Waals surface area contributed by atoms with E-state index in [4.69, 9.17) is 9.26 Å². The predicted molar refractivity (Wildman–Crippen MR) is 50.6 cm³/mol. The third kappa shape index (κ3) is 1.25. The largest absolute Gasteiger partial charge is 0.497 e. The van der Waals surface area contributed by atoms with E-state index in [2.05, 4.69) is 5.16 Å². The van der Waals surface area contributed by atoms with Crippen LogP contribution >= 0.6 is 0 Å². The Labute approximate surface area is 80.4 Å². The van der Waals surface area contributed by atoms with E-state index in [9.17, 15) is 4.79 Å². The van der Waals surface area contributed by atoms with Crippen molar-refractivity contribution in [3.63, 3.8) is 0 Å². The Balaban J connectivity index is 2.65. The minimum absolute atomic E-state index is 0.103. The maximum absolute atomic E-state index is 11.1. The van der Waals surface area contributed by atoms with Crippen LogP contribution in [0.25, 0.3) is 11.0 Å². The number of carbonyl (C=O) groups is 1. The van der Waals surface area contributed by atoms with Crippen LogP contribution in [0.15, 0.2) is 22.7 Å². The van der Waals surface area contributed by atoms with Crippen molar-refractivity contribution >= 4 is 16.8 Å². The molecule has 0 aliphatic heterocycles. The van der Waals surface area contributed by atoms with Gasteiger partial charge in [0.05, 0.1) is 12.5 Å². The van der Waals surface area contributed by atoms with Crippen LogP contribution in [0.2, 0.25) is 0 Å². The normalized spacial score (nSPS) is 10.4. The molecular weight excluding hydrogens is 182 g/mol. The zero-order valence-corrected chi connectivity index (χ0v) is 7.90. The molecule has 72 valence electrons. The van der Waals surface area contributed by atoms with E-state index in [-0.39, 0.29) is 5.78 Å². The van der Waals surface area contributed by atoms with Crippen LogP contribution < -0.4 is 4.74 Å². The van der Waals surface area contributed by atoms with Gasteiger partial charge < -0.3 is 9.26 Å². The second kappa shape index (κ2) is 3.14. The number of hydrogen-bond acceptors (Lipinski definition) is 4. The summed E-state index contributed by atoms with van der Waals surface area (Å²) in [5, 5.41) is 4.41. The molecule has 0 atom stereocenters. The van der Waals surface area contributed by atoms with Crippen LogP contribution in [0.4, 0.5) is 0 Å². The Bertz CT molecular complexity index is 487. The molecule has 0 radical (unpaired) electrons. The lowest BCUT2D eigenvalue weighted by atomic mass is 10.2. The van der Waals surface area contributed by atoms with E-state index in [0.29, 0.717) is 17.0 Å². The molecule has 4 heteroatoms. The number of fused-ring (bicyclic) bond motifs is 1. The molecule has 1 heterocycles. The summed E-state index contributed by atoms with van der Waals surface area (Å²) in [6.45, 7) is 1.46. The van der Waals surface area contributed by atoms with Crippen LogP contribution in [-0.4, -0.2) is 18.0 Å². The molecule has 0 bridgehead atoms. The first-order valence-corrected chi connectivity index (χ1v) is 4.16. The number of aromatic nitrogens is 1. The standard InChI is InChI=1S/C10H9NO3/c1-6(12)10-8-4-3-7(13-2)5-9(8)14-11-10/h3-5H,1-2H3. The molecule has 4 nitrogen and oxygen atoms in total. The van der Waals surface area contributed by atoms with E-state index >= 15 is 0 Å². The average molecular weight is 191 g/mol. The van der Waals surface area contributed by atoms with E-state index in [1.165, 1.54) is 6.92 Å². The number of methoxy groups -OCH3 is 1. The Morgan fingerprint density at radius 3 is 2.93 bits per heavy atom. The van der Waals surface area contributed by atoms with Crippen LogP contribution in [0.1, 0.15) is 17.4 Å². The third-order valence-corrected chi connectivity index (χ3v) is 2.01. The molecule has 0 spiro atoms. The molecule has 0 unspecified atom stereocenters. The van der Waals surface area contributed by atoms with Crippen molar-refractivity contribution < 1.29 is 14.1 Å². The van der Waals surface area contributed by atoms with Crippen molar-refractivity contribution in [3.05, 3.63) is 23.9 Å². The molecule has 0 aliphatic carbocycles. The zero-order valence-electron chi connectivity index (χ0n) is 7.90. The van der Waals surface area contributed by atoms with Gasteiger partial charge >= 0.3 is 0 Å². The van der Waals surface area contributed by atoms with Crippen LogP contribution in [0.3, 0.4) is 0 Å². The van der Waals surface area contributed by atoms with Gasteiger partial charge in [-0.25, -0.2) is 0 Å². The van der Waals surface area contributed by atoms with Gasteiger partial charge in [0.2, 0.25) is 0 Å². The van der Waals surface area contributed by atoms with E-state index in [0.717, 1.165) is 5.39 Å². The second-order valence-corrected chi connectivity index (χ2v) is 2.95. The highest BCUT2D eigenvalue weighted by molar-refractivity contribution is 6.04. The molecule has 0 saturated heterocycles. The fourth-order valence-corrected chi connectivity index (χ4v) is 1.30. The predicted octanol–water partition coefficient (Wildman–Crippen LogP) is 2.04. The van der Waals surface area contributed by atoms with Gasteiger partial charge in [0.25, 0.3) is 0 Å². The van der Waals surface area contributed by atoms with Gasteiger partial charge in [0.15, 0.2) is 17.1 Å². The van der Waals surface area contributed by atoms with Crippen molar-refractivity contribution in [1.29, 1.82) is 0 Å². The lowest BCUT2D eigenvalue weighted by molar-refractivity contribution is 0.101. The number of benzene rings is 1. The van der Waals surface area contributed by atoms with Gasteiger partial charge in [0, 0.05) is 13.0 Å². The highest BCUT2D eigenvalue weighted by Gasteiger charge is 2.12. The minimum Gasteiger partial charge on any atom is -0.497 e. The summed E-state index contributed by atoms with van der Waals surface area (Å²) < 4.78 is 10.0. The number of ether oxygens (including phenoxy) is 1. The maximum Gasteiger partial charge on any atom is 0.182 e. The molecule has 0 fully saturated rings. The summed E-state index contributed by atoms with van der Waals surface area (Å²) in [6.07, 6.45) is 0. The molecule has 2 rings (SSSR count). The molecule has 1 aromatic heterocycles. The number of nitrogens with zero attached hydrogens (tertiary/aromatic N) is 1. The first kappa shape index (κ1) is 8.74. The molecule has 1 aromatic carbocycles. The number of ketones is 1. The number of hydrogen-bond donors (Lipinski definition) is 0. The number of carbonyl (C=O) groups excluding carboxylic acids is 1. The molecule has 2 aromatic rings. The monoisotopic (exact) mass is 191 g/mol. The quantitative estimate of drug-likeness (QED) is 0.681. The minimum atomic E-state index is -0.103. The van der Waals surface area contributed by atoms with Crippen molar-refractivity contribution in [2.75, 3.05) is 7.11 Å². The highest BCUT2D eigenvalue weighted by Crippen LogP contribution is 2.23. The van der Waals surface area contributed by atoms with E-state index < -0.39 is 0 Å². The fourth-order valence-electron chi connectivity index (χ4n) is 1.30. The lowest BCUT2D eigenvalue weighted by Gasteiger charge is -1.96. The first-order chi connectivity index (χ1) is 6.72. The number of Topliss-reactive ketones (excluding diaryl/α,β-unsaturated/α-hetero) is 1. The van der Waals surface area contributed by atoms with Gasteiger partial charge in [0.1, 0.15) is 5.75 Å². The summed E-state index contributed by atoms with van der Waals surface area (Å²) in [4.78, 5) is 11.1. The van der Waals surface area contributed by atoms with Crippen molar-refractivity contribution in [2.45, 2.75) is 6.92 Å². The Kier molecular flexibility index (Phi) is 1.96. The summed E-state index contributed by atoms with van der Waals surface area (Å²) in [6, 6.07) is 5.24. The third-order valence-electron chi connectivity index (χ3n) is 2.01. The SMILES string of the molecule is COc1ccc2c(C(C)=O)noc2c1. The lowest BCUT2D eigenvalue weighted by Crippen LogP contribution is -1.91. The van der Waals surface area contributed by atoms with Gasteiger partial charge in [-0.05, 0) is 12.1 Å². The molecule has 0 saturated carbocycles. The van der Waals surface area contributed by atoms with Gasteiger partial charge in [-0.2, -0.15) is 0 Å². The maximum atomic E-state index is 11.1. The number of rotatable bonds is 2. The van der Waals surface area contributed by atoms with Crippen molar-refractivity contribution in [3.8, 4) is 5.75 Å². The van der Waals surface area contributed by atoms with Gasteiger partial charge in [-0.3, -0.25) is 4.79 Å². The summed E-state index contributed by atoms with van der Waals surface area (Å²) in [5.41, 5.74) is 0.928. The molecule has 14 heavy (non-hydrogen) atoms. The average Bonchev–Trinajstić information content (AvgIpc) is 2.59. The van der Waals surface area contributed by atoms with Gasteiger partial charge in [-0.1, -0.05) is 5.16 Å². The Morgan fingerprint density at radius 2 is 2.29 bits per heavy atom. The fraction of sp³-hybridized carbons (Fsp3) is 0.200. The second-order valence-electron chi connectivity index (χ2n) is 2.95. The Morgan fingerprint density at radius 1 is 1.50 bits per heavy atom. The highest BCUT2D eigenvalue weighted by atomic mass is 16.5. The summed E-state index contributed by atoms with van der Waals surface area (Å²) in [7, 11) is 1.57. The van der Waals surface area contributed by atoms with Crippen LogP contribution in [-0.2, 0) is 0 Å². The first-order valence-electron chi connectivity index (χ1n) is 4.16. The summed E-state index contributed by atoms with van der Waals surface area (Å²) >= 11 is 0. The molecule has 0 N–H and O–H groups in total. The van der Waals surface area contributed by atoms with Crippen LogP contribution in [0, 0.1) is 0 Å². The summed E-state index contributed by atoms with van der Waals surface area (Å²) in [5.74, 6) is 0.581. The van der Waals surface area contributed by atoms with Gasteiger partial charge in [-0.15, -0.1) is 0 Å². The molecule has 0 amide bonds.